The Morgan fingerprint density at radius 1 is 1.16 bits per heavy atom. The van der Waals surface area contributed by atoms with Gasteiger partial charge in [-0.25, -0.2) is 0 Å². The number of hydrogen-bond acceptors (Lipinski definition) is 4. The second kappa shape index (κ2) is 13.3. The number of carbonyl (C=O) groups is 1. The zero-order valence-corrected chi connectivity index (χ0v) is 22.1. The molecular formula is C24H40IN5O2. The molecule has 180 valence electrons. The number of halogens is 1. The van der Waals surface area contributed by atoms with Gasteiger partial charge in [0.2, 0.25) is 5.91 Å². The van der Waals surface area contributed by atoms with E-state index in [1.54, 1.807) is 7.05 Å². The minimum absolute atomic E-state index is 0. The number of nitrogens with one attached hydrogen (secondary N) is 3. The number of morpholine rings is 1. The van der Waals surface area contributed by atoms with Gasteiger partial charge in [0.05, 0.1) is 13.2 Å². The van der Waals surface area contributed by atoms with Gasteiger partial charge < -0.3 is 20.7 Å². The van der Waals surface area contributed by atoms with Crippen LogP contribution in [0.3, 0.4) is 0 Å². The van der Waals surface area contributed by atoms with E-state index in [0.29, 0.717) is 6.54 Å². The highest BCUT2D eigenvalue weighted by Crippen LogP contribution is 2.25. The Bertz CT molecular complexity index is 744. The first-order valence-electron chi connectivity index (χ1n) is 11.6. The lowest BCUT2D eigenvalue weighted by Crippen LogP contribution is -2.56. The van der Waals surface area contributed by atoms with E-state index in [4.69, 9.17) is 4.74 Å². The molecule has 1 aliphatic carbocycles. The molecule has 2 fully saturated rings. The molecule has 0 bridgehead atoms. The van der Waals surface area contributed by atoms with Gasteiger partial charge in [-0.15, -0.1) is 24.0 Å². The zero-order valence-electron chi connectivity index (χ0n) is 19.8. The molecule has 1 aliphatic heterocycles. The van der Waals surface area contributed by atoms with Crippen LogP contribution in [0.4, 0.5) is 5.69 Å². The van der Waals surface area contributed by atoms with Crippen LogP contribution < -0.4 is 16.0 Å². The van der Waals surface area contributed by atoms with Crippen molar-refractivity contribution in [2.24, 2.45) is 10.9 Å². The van der Waals surface area contributed by atoms with Gasteiger partial charge in [-0.05, 0) is 44.4 Å². The van der Waals surface area contributed by atoms with Gasteiger partial charge in [0.15, 0.2) is 5.96 Å². The maximum atomic E-state index is 12.5. The summed E-state index contributed by atoms with van der Waals surface area (Å²) in [4.78, 5) is 19.4. The van der Waals surface area contributed by atoms with Crippen LogP contribution in [0.5, 0.6) is 0 Å². The second-order valence-corrected chi connectivity index (χ2v) is 9.22. The number of hydrogen-bond donors (Lipinski definition) is 3. The van der Waals surface area contributed by atoms with Crippen molar-refractivity contribution in [1.29, 1.82) is 0 Å². The van der Waals surface area contributed by atoms with Crippen LogP contribution >= 0.6 is 24.0 Å². The van der Waals surface area contributed by atoms with Gasteiger partial charge in [-0.3, -0.25) is 14.7 Å². The molecule has 32 heavy (non-hydrogen) atoms. The minimum atomic E-state index is 0. The van der Waals surface area contributed by atoms with Gasteiger partial charge in [0.1, 0.15) is 0 Å². The number of benzene rings is 1. The number of aliphatic imine (C=N–C) groups is 1. The molecule has 2 aliphatic rings. The predicted molar refractivity (Wildman–Crippen MR) is 142 cm³/mol. The summed E-state index contributed by atoms with van der Waals surface area (Å²) in [6.07, 6.45) is 5.60. The normalized spacial score (nSPS) is 18.5. The molecule has 7 nitrogen and oxygen atoms in total. The lowest BCUT2D eigenvalue weighted by Gasteiger charge is -2.41. The molecule has 0 spiro atoms. The van der Waals surface area contributed by atoms with Crippen LogP contribution in [0, 0.1) is 5.92 Å². The number of rotatable bonds is 7. The lowest BCUT2D eigenvalue weighted by atomic mass is 9.88. The highest BCUT2D eigenvalue weighted by atomic mass is 127. The van der Waals surface area contributed by atoms with Crippen molar-refractivity contribution in [2.45, 2.75) is 58.0 Å². The monoisotopic (exact) mass is 557 g/mol. The first-order chi connectivity index (χ1) is 15.0. The van der Waals surface area contributed by atoms with Crippen molar-refractivity contribution >= 4 is 41.5 Å². The van der Waals surface area contributed by atoms with Crippen LogP contribution in [-0.2, 0) is 16.1 Å². The molecule has 1 saturated heterocycles. The van der Waals surface area contributed by atoms with Crippen molar-refractivity contribution < 1.29 is 9.53 Å². The molecule has 1 saturated carbocycles. The van der Waals surface area contributed by atoms with Crippen LogP contribution in [0.1, 0.15) is 51.5 Å². The summed E-state index contributed by atoms with van der Waals surface area (Å²) >= 11 is 0. The Kier molecular flexibility index (Phi) is 11.2. The highest BCUT2D eigenvalue weighted by Gasteiger charge is 2.28. The van der Waals surface area contributed by atoms with Crippen molar-refractivity contribution in [2.75, 3.05) is 45.2 Å². The molecule has 8 heteroatoms. The van der Waals surface area contributed by atoms with E-state index in [1.807, 2.05) is 18.2 Å². The molecule has 1 amide bonds. The van der Waals surface area contributed by atoms with Crippen LogP contribution in [-0.4, -0.2) is 62.2 Å². The summed E-state index contributed by atoms with van der Waals surface area (Å²) in [6.45, 7) is 9.44. The average Bonchev–Trinajstić information content (AvgIpc) is 2.80. The molecule has 1 aromatic rings. The van der Waals surface area contributed by atoms with E-state index >= 15 is 0 Å². The third-order valence-electron chi connectivity index (χ3n) is 6.41. The molecule has 1 heterocycles. The Labute approximate surface area is 210 Å². The second-order valence-electron chi connectivity index (χ2n) is 9.22. The van der Waals surface area contributed by atoms with Crippen molar-refractivity contribution in [3.05, 3.63) is 29.8 Å². The van der Waals surface area contributed by atoms with E-state index in [-0.39, 0.29) is 41.3 Å². The van der Waals surface area contributed by atoms with E-state index in [1.165, 1.54) is 6.42 Å². The smallest absolute Gasteiger partial charge is 0.227 e. The first-order valence-corrected chi connectivity index (χ1v) is 11.6. The minimum Gasteiger partial charge on any atom is -0.379 e. The molecule has 0 atom stereocenters. The van der Waals surface area contributed by atoms with E-state index in [2.05, 4.69) is 45.8 Å². The van der Waals surface area contributed by atoms with Crippen LogP contribution in [0.2, 0.25) is 0 Å². The fraction of sp³-hybridized carbons (Fsp3) is 0.667. The average molecular weight is 558 g/mol. The van der Waals surface area contributed by atoms with Crippen molar-refractivity contribution in [3.8, 4) is 0 Å². The number of anilines is 1. The lowest BCUT2D eigenvalue weighted by molar-refractivity contribution is -0.120. The quantitative estimate of drug-likeness (QED) is 0.272. The Morgan fingerprint density at radius 2 is 1.88 bits per heavy atom. The Balaban J connectivity index is 0.00000363. The van der Waals surface area contributed by atoms with Gasteiger partial charge >= 0.3 is 0 Å². The fourth-order valence-corrected chi connectivity index (χ4v) is 4.36. The van der Waals surface area contributed by atoms with Crippen LogP contribution in [0.15, 0.2) is 29.3 Å². The number of carbonyl (C=O) groups excluding carboxylic acids is 1. The largest absolute Gasteiger partial charge is 0.379 e. The summed E-state index contributed by atoms with van der Waals surface area (Å²) in [5.74, 6) is 1.10. The van der Waals surface area contributed by atoms with Crippen molar-refractivity contribution in [3.63, 3.8) is 0 Å². The molecule has 3 rings (SSSR count). The third kappa shape index (κ3) is 8.19. The van der Waals surface area contributed by atoms with Gasteiger partial charge in [-0.2, -0.15) is 0 Å². The maximum Gasteiger partial charge on any atom is 0.227 e. The number of guanidine groups is 1. The standard InChI is InChI=1S/C24H39N5O2.HI/c1-24(2,29-12-14-31-15-13-29)18-27-23(25-3)26-17-19-8-7-11-21(16-19)28-22(30)20-9-5-4-6-10-20;/h7-8,11,16,20H,4-6,9-10,12-15,17-18H2,1-3H3,(H,28,30)(H2,25,26,27);1H. The summed E-state index contributed by atoms with van der Waals surface area (Å²) in [5, 5.41) is 9.95. The SMILES string of the molecule is CN=C(NCc1cccc(NC(=O)C2CCCCC2)c1)NCC(C)(C)N1CCOCC1.I. The van der Waals surface area contributed by atoms with Crippen molar-refractivity contribution in [1.82, 2.24) is 15.5 Å². The molecular weight excluding hydrogens is 517 g/mol. The van der Waals surface area contributed by atoms with Gasteiger partial charge in [0, 0.05) is 50.4 Å². The molecule has 0 aromatic heterocycles. The summed E-state index contributed by atoms with van der Waals surface area (Å²) in [6, 6.07) is 8.06. The summed E-state index contributed by atoms with van der Waals surface area (Å²) < 4.78 is 5.47. The topological polar surface area (TPSA) is 78.0 Å². The van der Waals surface area contributed by atoms with Gasteiger partial charge in [-0.1, -0.05) is 31.4 Å². The Morgan fingerprint density at radius 3 is 2.56 bits per heavy atom. The number of ether oxygens (including phenoxy) is 1. The van der Waals surface area contributed by atoms with E-state index in [0.717, 1.165) is 75.7 Å². The fourth-order valence-electron chi connectivity index (χ4n) is 4.36. The van der Waals surface area contributed by atoms with Gasteiger partial charge in [0.25, 0.3) is 0 Å². The summed E-state index contributed by atoms with van der Waals surface area (Å²) in [7, 11) is 1.79. The molecule has 0 unspecified atom stereocenters. The van der Waals surface area contributed by atoms with E-state index < -0.39 is 0 Å². The Hall–Kier alpha value is -1.39. The highest BCUT2D eigenvalue weighted by molar-refractivity contribution is 14.0. The first kappa shape index (κ1) is 26.9. The molecule has 0 radical (unpaired) electrons. The zero-order chi connectivity index (χ0) is 22.1. The maximum absolute atomic E-state index is 12.5. The van der Waals surface area contributed by atoms with Crippen LogP contribution in [0.25, 0.3) is 0 Å². The predicted octanol–water partition coefficient (Wildman–Crippen LogP) is 3.60. The number of nitrogens with zero attached hydrogens (tertiary/aromatic N) is 2. The molecule has 1 aromatic carbocycles. The number of amides is 1. The van der Waals surface area contributed by atoms with E-state index in [9.17, 15) is 4.79 Å². The molecule has 3 N–H and O–H groups in total. The third-order valence-corrected chi connectivity index (χ3v) is 6.41. The summed E-state index contributed by atoms with van der Waals surface area (Å²) in [5.41, 5.74) is 1.99.